The SMILES string of the molecule is COC(=O)c1oc2cccc(OCc3ccccc3OC)c2c1C. The molecule has 0 aliphatic carbocycles. The Morgan fingerprint density at radius 1 is 1.04 bits per heavy atom. The van der Waals surface area contributed by atoms with Gasteiger partial charge in [-0.2, -0.15) is 0 Å². The topological polar surface area (TPSA) is 57.9 Å². The summed E-state index contributed by atoms with van der Waals surface area (Å²) in [5, 5.41) is 0.771. The third-order valence-corrected chi connectivity index (χ3v) is 3.86. The number of ether oxygens (including phenoxy) is 3. The average molecular weight is 326 g/mol. The lowest BCUT2D eigenvalue weighted by atomic mass is 10.1. The molecule has 0 radical (unpaired) electrons. The van der Waals surface area contributed by atoms with Crippen LogP contribution in [-0.2, 0) is 11.3 Å². The van der Waals surface area contributed by atoms with Gasteiger partial charge in [-0.05, 0) is 25.1 Å². The Balaban J connectivity index is 1.95. The van der Waals surface area contributed by atoms with Crippen molar-refractivity contribution < 1.29 is 23.4 Å². The van der Waals surface area contributed by atoms with Gasteiger partial charge in [-0.1, -0.05) is 24.3 Å². The molecule has 0 aliphatic heterocycles. The van der Waals surface area contributed by atoms with Crippen LogP contribution in [0, 0.1) is 6.92 Å². The summed E-state index contributed by atoms with van der Waals surface area (Å²) in [7, 11) is 2.95. The predicted molar refractivity (Wildman–Crippen MR) is 89.6 cm³/mol. The van der Waals surface area contributed by atoms with E-state index in [9.17, 15) is 4.79 Å². The Morgan fingerprint density at radius 2 is 1.79 bits per heavy atom. The van der Waals surface area contributed by atoms with Gasteiger partial charge in [-0.3, -0.25) is 0 Å². The van der Waals surface area contributed by atoms with Gasteiger partial charge in [0.2, 0.25) is 5.76 Å². The summed E-state index contributed by atoms with van der Waals surface area (Å²) in [4.78, 5) is 11.8. The minimum absolute atomic E-state index is 0.195. The molecule has 0 bridgehead atoms. The number of esters is 1. The van der Waals surface area contributed by atoms with Crippen molar-refractivity contribution in [2.24, 2.45) is 0 Å². The number of methoxy groups -OCH3 is 2. The lowest BCUT2D eigenvalue weighted by Crippen LogP contribution is -2.01. The van der Waals surface area contributed by atoms with Crippen LogP contribution in [0.25, 0.3) is 11.0 Å². The van der Waals surface area contributed by atoms with Gasteiger partial charge in [0, 0.05) is 11.1 Å². The van der Waals surface area contributed by atoms with Gasteiger partial charge in [0.1, 0.15) is 23.7 Å². The van der Waals surface area contributed by atoms with Crippen molar-refractivity contribution in [3.63, 3.8) is 0 Å². The highest BCUT2D eigenvalue weighted by atomic mass is 16.5. The first-order valence-corrected chi connectivity index (χ1v) is 7.50. The molecule has 1 aromatic heterocycles. The summed E-state index contributed by atoms with van der Waals surface area (Å²) < 4.78 is 21.7. The smallest absolute Gasteiger partial charge is 0.374 e. The molecule has 0 unspecified atom stereocenters. The summed E-state index contributed by atoms with van der Waals surface area (Å²) in [6.07, 6.45) is 0. The first kappa shape index (κ1) is 15.9. The van der Waals surface area contributed by atoms with Crippen LogP contribution in [-0.4, -0.2) is 20.2 Å². The molecule has 0 saturated carbocycles. The second kappa shape index (κ2) is 6.66. The van der Waals surface area contributed by atoms with E-state index in [4.69, 9.17) is 18.6 Å². The molecule has 2 aromatic carbocycles. The van der Waals surface area contributed by atoms with E-state index in [1.165, 1.54) is 7.11 Å². The van der Waals surface area contributed by atoms with Crippen molar-refractivity contribution in [2.45, 2.75) is 13.5 Å². The van der Waals surface area contributed by atoms with Gasteiger partial charge < -0.3 is 18.6 Å². The molecule has 0 N–H and O–H groups in total. The van der Waals surface area contributed by atoms with Crippen LogP contribution in [0.3, 0.4) is 0 Å². The number of fused-ring (bicyclic) bond motifs is 1. The fourth-order valence-corrected chi connectivity index (χ4v) is 2.65. The predicted octanol–water partition coefficient (Wildman–Crippen LogP) is 4.12. The molecule has 24 heavy (non-hydrogen) atoms. The largest absolute Gasteiger partial charge is 0.496 e. The fourth-order valence-electron chi connectivity index (χ4n) is 2.65. The van der Waals surface area contributed by atoms with E-state index in [0.29, 0.717) is 23.5 Å². The molecule has 0 aliphatic rings. The summed E-state index contributed by atoms with van der Waals surface area (Å²) in [5.41, 5.74) is 2.23. The highest BCUT2D eigenvalue weighted by molar-refractivity contribution is 5.98. The minimum Gasteiger partial charge on any atom is -0.496 e. The molecule has 3 aromatic rings. The second-order valence-corrected chi connectivity index (χ2v) is 5.28. The Hall–Kier alpha value is -2.95. The molecule has 124 valence electrons. The highest BCUT2D eigenvalue weighted by Gasteiger charge is 2.20. The van der Waals surface area contributed by atoms with Crippen LogP contribution in [0.1, 0.15) is 21.7 Å². The molecule has 0 fully saturated rings. The van der Waals surface area contributed by atoms with Gasteiger partial charge in [0.15, 0.2) is 0 Å². The quantitative estimate of drug-likeness (QED) is 0.660. The van der Waals surface area contributed by atoms with Crippen LogP contribution in [0.15, 0.2) is 46.9 Å². The van der Waals surface area contributed by atoms with E-state index in [-0.39, 0.29) is 5.76 Å². The van der Waals surface area contributed by atoms with Crippen molar-refractivity contribution in [3.8, 4) is 11.5 Å². The van der Waals surface area contributed by atoms with Crippen LogP contribution in [0.5, 0.6) is 11.5 Å². The first-order chi connectivity index (χ1) is 11.7. The van der Waals surface area contributed by atoms with Crippen molar-refractivity contribution >= 4 is 16.9 Å². The Kier molecular flexibility index (Phi) is 4.42. The van der Waals surface area contributed by atoms with Gasteiger partial charge in [-0.25, -0.2) is 4.79 Å². The summed E-state index contributed by atoms with van der Waals surface area (Å²) in [6.45, 7) is 2.16. The number of benzene rings is 2. The standard InChI is InChI=1S/C19H18O5/c1-12-17-15(23-11-13-7-4-5-8-14(13)21-2)9-6-10-16(17)24-18(12)19(20)22-3/h4-10H,11H2,1-3H3. The number of rotatable bonds is 5. The lowest BCUT2D eigenvalue weighted by Gasteiger charge is -2.11. The molecule has 5 nitrogen and oxygen atoms in total. The highest BCUT2D eigenvalue weighted by Crippen LogP contribution is 2.34. The Bertz CT molecular complexity index is 879. The molecule has 0 amide bonds. The summed E-state index contributed by atoms with van der Waals surface area (Å²) in [5.74, 6) is 1.11. The van der Waals surface area contributed by atoms with E-state index in [0.717, 1.165) is 16.7 Å². The van der Waals surface area contributed by atoms with E-state index < -0.39 is 5.97 Å². The van der Waals surface area contributed by atoms with Crippen LogP contribution in [0.4, 0.5) is 0 Å². The molecule has 1 heterocycles. The molecule has 5 heteroatoms. The Labute approximate surface area is 139 Å². The van der Waals surface area contributed by atoms with E-state index in [1.54, 1.807) is 13.2 Å². The molecule has 0 spiro atoms. The number of hydrogen-bond acceptors (Lipinski definition) is 5. The van der Waals surface area contributed by atoms with E-state index in [2.05, 4.69) is 0 Å². The Morgan fingerprint density at radius 3 is 2.54 bits per heavy atom. The van der Waals surface area contributed by atoms with Gasteiger partial charge in [0.25, 0.3) is 0 Å². The van der Waals surface area contributed by atoms with Crippen molar-refractivity contribution in [3.05, 3.63) is 59.4 Å². The number of aryl methyl sites for hydroxylation is 1. The normalized spacial score (nSPS) is 10.6. The van der Waals surface area contributed by atoms with Crippen LogP contribution >= 0.6 is 0 Å². The monoisotopic (exact) mass is 326 g/mol. The third-order valence-electron chi connectivity index (χ3n) is 3.86. The minimum atomic E-state index is -0.501. The van der Waals surface area contributed by atoms with Crippen molar-refractivity contribution in [1.29, 1.82) is 0 Å². The summed E-state index contributed by atoms with van der Waals surface area (Å²) in [6, 6.07) is 13.1. The average Bonchev–Trinajstić information content (AvgIpc) is 2.97. The van der Waals surface area contributed by atoms with Crippen LogP contribution < -0.4 is 9.47 Å². The molecule has 3 rings (SSSR count). The van der Waals surface area contributed by atoms with Crippen molar-refractivity contribution in [1.82, 2.24) is 0 Å². The van der Waals surface area contributed by atoms with Crippen LogP contribution in [0.2, 0.25) is 0 Å². The van der Waals surface area contributed by atoms with E-state index in [1.807, 2.05) is 43.3 Å². The number of hydrogen-bond donors (Lipinski definition) is 0. The number of carbonyl (C=O) groups is 1. The molecular weight excluding hydrogens is 308 g/mol. The van der Waals surface area contributed by atoms with Crippen molar-refractivity contribution in [2.75, 3.05) is 14.2 Å². The lowest BCUT2D eigenvalue weighted by molar-refractivity contribution is 0.0566. The zero-order valence-electron chi connectivity index (χ0n) is 13.8. The maximum absolute atomic E-state index is 11.8. The zero-order chi connectivity index (χ0) is 17.1. The molecule has 0 atom stereocenters. The number of carbonyl (C=O) groups excluding carboxylic acids is 1. The second-order valence-electron chi connectivity index (χ2n) is 5.28. The number of para-hydroxylation sites is 1. The maximum atomic E-state index is 11.8. The third kappa shape index (κ3) is 2.80. The molecular formula is C19H18O5. The maximum Gasteiger partial charge on any atom is 0.374 e. The molecule has 0 saturated heterocycles. The summed E-state index contributed by atoms with van der Waals surface area (Å²) >= 11 is 0. The number of furan rings is 1. The van der Waals surface area contributed by atoms with Gasteiger partial charge >= 0.3 is 5.97 Å². The van der Waals surface area contributed by atoms with E-state index >= 15 is 0 Å². The fraction of sp³-hybridized carbons (Fsp3) is 0.211. The van der Waals surface area contributed by atoms with Gasteiger partial charge in [0.05, 0.1) is 19.6 Å². The first-order valence-electron chi connectivity index (χ1n) is 7.50. The van der Waals surface area contributed by atoms with Gasteiger partial charge in [-0.15, -0.1) is 0 Å². The zero-order valence-corrected chi connectivity index (χ0v) is 13.8.